The summed E-state index contributed by atoms with van der Waals surface area (Å²) in [5.74, 6) is 0.708. The van der Waals surface area contributed by atoms with Gasteiger partial charge in [0.2, 0.25) is 0 Å². The van der Waals surface area contributed by atoms with Gasteiger partial charge in [-0.05, 0) is 41.8 Å². The van der Waals surface area contributed by atoms with Crippen LogP contribution in [0.3, 0.4) is 0 Å². The van der Waals surface area contributed by atoms with E-state index < -0.39 is 0 Å². The maximum atomic E-state index is 12.8. The number of carbonyl (C=O) groups is 1. The molecule has 0 radical (unpaired) electrons. The maximum absolute atomic E-state index is 12.8. The van der Waals surface area contributed by atoms with E-state index in [1.807, 2.05) is 24.3 Å². The average molecular weight is 423 g/mol. The molecule has 1 aliphatic heterocycles. The zero-order chi connectivity index (χ0) is 21.1. The zero-order valence-corrected chi connectivity index (χ0v) is 17.7. The van der Waals surface area contributed by atoms with Crippen molar-refractivity contribution in [2.45, 2.75) is 13.0 Å². The lowest BCUT2D eigenvalue weighted by molar-refractivity contribution is 0.102. The molecule has 3 aromatic carbocycles. The third-order valence-electron chi connectivity index (χ3n) is 5.35. The standard InChI is InChI=1S/C24H23ClN2O3/c1-29-22-14-21(23(30-2)13-20(22)25)26-24(28)17-7-9-19(10-8-17)27-12-11-16-5-3-4-6-18(16)15-27/h3-10,13-14H,11-12,15H2,1-2H3,(H,26,28). The van der Waals surface area contributed by atoms with Crippen LogP contribution >= 0.6 is 11.6 Å². The fourth-order valence-electron chi connectivity index (χ4n) is 3.69. The minimum Gasteiger partial charge on any atom is -0.495 e. The summed E-state index contributed by atoms with van der Waals surface area (Å²) in [5.41, 5.74) is 4.94. The van der Waals surface area contributed by atoms with Gasteiger partial charge in [0.15, 0.2) is 0 Å². The Balaban J connectivity index is 1.49. The molecule has 1 N–H and O–H groups in total. The van der Waals surface area contributed by atoms with E-state index in [1.165, 1.54) is 25.3 Å². The van der Waals surface area contributed by atoms with Crippen LogP contribution in [0.2, 0.25) is 5.02 Å². The van der Waals surface area contributed by atoms with E-state index in [9.17, 15) is 4.79 Å². The smallest absolute Gasteiger partial charge is 0.255 e. The molecule has 0 aromatic heterocycles. The Hall–Kier alpha value is -3.18. The van der Waals surface area contributed by atoms with Crippen molar-refractivity contribution in [2.75, 3.05) is 31.0 Å². The monoisotopic (exact) mass is 422 g/mol. The van der Waals surface area contributed by atoms with Gasteiger partial charge >= 0.3 is 0 Å². The lowest BCUT2D eigenvalue weighted by atomic mass is 9.99. The number of rotatable bonds is 5. The lowest BCUT2D eigenvalue weighted by Crippen LogP contribution is -2.30. The summed E-state index contributed by atoms with van der Waals surface area (Å²) >= 11 is 6.13. The molecule has 1 heterocycles. The van der Waals surface area contributed by atoms with E-state index in [-0.39, 0.29) is 5.91 Å². The van der Waals surface area contributed by atoms with Gasteiger partial charge in [0.05, 0.1) is 24.9 Å². The SMILES string of the molecule is COc1cc(NC(=O)c2ccc(N3CCc4ccccc4C3)cc2)c(OC)cc1Cl. The number of carbonyl (C=O) groups excluding carboxylic acids is 1. The Morgan fingerprint density at radius 3 is 2.37 bits per heavy atom. The van der Waals surface area contributed by atoms with Crippen molar-refractivity contribution in [1.29, 1.82) is 0 Å². The van der Waals surface area contributed by atoms with Crippen LogP contribution < -0.4 is 19.7 Å². The average Bonchev–Trinajstić information content (AvgIpc) is 2.79. The number of fused-ring (bicyclic) bond motifs is 1. The fourth-order valence-corrected chi connectivity index (χ4v) is 3.92. The normalized spacial score (nSPS) is 12.8. The van der Waals surface area contributed by atoms with Gasteiger partial charge in [0.25, 0.3) is 5.91 Å². The number of ether oxygens (including phenoxy) is 2. The molecule has 0 unspecified atom stereocenters. The molecule has 5 nitrogen and oxygen atoms in total. The molecule has 30 heavy (non-hydrogen) atoms. The third-order valence-corrected chi connectivity index (χ3v) is 5.64. The zero-order valence-electron chi connectivity index (χ0n) is 16.9. The number of hydrogen-bond acceptors (Lipinski definition) is 4. The highest BCUT2D eigenvalue weighted by molar-refractivity contribution is 6.32. The van der Waals surface area contributed by atoms with Crippen molar-refractivity contribution in [3.63, 3.8) is 0 Å². The van der Waals surface area contributed by atoms with Crippen molar-refractivity contribution in [3.05, 3.63) is 82.4 Å². The molecule has 0 spiro atoms. The van der Waals surface area contributed by atoms with E-state index in [1.54, 1.807) is 12.1 Å². The number of nitrogens with zero attached hydrogens (tertiary/aromatic N) is 1. The molecule has 6 heteroatoms. The van der Waals surface area contributed by atoms with Gasteiger partial charge in [-0.15, -0.1) is 0 Å². The van der Waals surface area contributed by atoms with Crippen molar-refractivity contribution < 1.29 is 14.3 Å². The highest BCUT2D eigenvalue weighted by Crippen LogP contribution is 2.36. The Kier molecular flexibility index (Phi) is 5.81. The summed E-state index contributed by atoms with van der Waals surface area (Å²) in [6.07, 6.45) is 1.02. The van der Waals surface area contributed by atoms with Gasteiger partial charge in [-0.2, -0.15) is 0 Å². The van der Waals surface area contributed by atoms with Crippen molar-refractivity contribution in [3.8, 4) is 11.5 Å². The number of methoxy groups -OCH3 is 2. The highest BCUT2D eigenvalue weighted by Gasteiger charge is 2.17. The molecule has 154 valence electrons. The Morgan fingerprint density at radius 1 is 0.967 bits per heavy atom. The second-order valence-electron chi connectivity index (χ2n) is 7.13. The highest BCUT2D eigenvalue weighted by atomic mass is 35.5. The number of hydrogen-bond donors (Lipinski definition) is 1. The quantitative estimate of drug-likeness (QED) is 0.616. The van der Waals surface area contributed by atoms with Crippen molar-refractivity contribution in [2.24, 2.45) is 0 Å². The molecule has 0 saturated carbocycles. The molecule has 1 amide bonds. The summed E-state index contributed by atoms with van der Waals surface area (Å²) < 4.78 is 10.6. The molecule has 4 rings (SSSR count). The first kappa shape index (κ1) is 20.1. The first-order chi connectivity index (χ1) is 14.6. The van der Waals surface area contributed by atoms with E-state index in [0.717, 1.165) is 25.2 Å². The molecule has 0 fully saturated rings. The molecule has 0 bridgehead atoms. The summed E-state index contributed by atoms with van der Waals surface area (Å²) in [6, 6.07) is 19.5. The Bertz CT molecular complexity index is 1070. The van der Waals surface area contributed by atoms with Crippen LogP contribution in [0.1, 0.15) is 21.5 Å². The minimum absolute atomic E-state index is 0.229. The summed E-state index contributed by atoms with van der Waals surface area (Å²) in [6.45, 7) is 1.84. The van der Waals surface area contributed by atoms with Gasteiger partial charge in [0, 0.05) is 36.5 Å². The molecule has 1 aliphatic rings. The minimum atomic E-state index is -0.229. The predicted molar refractivity (Wildman–Crippen MR) is 120 cm³/mol. The fraction of sp³-hybridized carbons (Fsp3) is 0.208. The molecule has 0 saturated heterocycles. The van der Waals surface area contributed by atoms with Crippen LogP contribution in [0.25, 0.3) is 0 Å². The van der Waals surface area contributed by atoms with Gasteiger partial charge in [-0.25, -0.2) is 0 Å². The van der Waals surface area contributed by atoms with Crippen LogP contribution in [0.5, 0.6) is 11.5 Å². The lowest BCUT2D eigenvalue weighted by Gasteiger charge is -2.30. The third kappa shape index (κ3) is 4.07. The van der Waals surface area contributed by atoms with Crippen LogP contribution in [0.15, 0.2) is 60.7 Å². The van der Waals surface area contributed by atoms with Gasteiger partial charge in [-0.1, -0.05) is 35.9 Å². The Labute approximate surface area is 181 Å². The van der Waals surface area contributed by atoms with Crippen LogP contribution in [0.4, 0.5) is 11.4 Å². The van der Waals surface area contributed by atoms with Crippen molar-refractivity contribution >= 4 is 28.9 Å². The number of amides is 1. The molecular weight excluding hydrogens is 400 g/mol. The first-order valence-electron chi connectivity index (χ1n) is 9.73. The molecule has 0 atom stereocenters. The van der Waals surface area contributed by atoms with Gasteiger partial charge in [-0.3, -0.25) is 4.79 Å². The Morgan fingerprint density at radius 2 is 1.67 bits per heavy atom. The van der Waals surface area contributed by atoms with Crippen molar-refractivity contribution in [1.82, 2.24) is 0 Å². The topological polar surface area (TPSA) is 50.8 Å². The summed E-state index contributed by atoms with van der Waals surface area (Å²) in [7, 11) is 3.05. The van der Waals surface area contributed by atoms with Crippen LogP contribution in [-0.4, -0.2) is 26.7 Å². The molecule has 0 aliphatic carbocycles. The number of benzene rings is 3. The van der Waals surface area contributed by atoms with E-state index >= 15 is 0 Å². The predicted octanol–water partition coefficient (Wildman–Crippen LogP) is 5.17. The van der Waals surface area contributed by atoms with E-state index in [2.05, 4.69) is 34.5 Å². The summed E-state index contributed by atoms with van der Waals surface area (Å²) in [5, 5.41) is 3.29. The van der Waals surface area contributed by atoms with Gasteiger partial charge in [0.1, 0.15) is 11.5 Å². The number of halogens is 1. The molecule has 3 aromatic rings. The maximum Gasteiger partial charge on any atom is 0.255 e. The van der Waals surface area contributed by atoms with Crippen LogP contribution in [-0.2, 0) is 13.0 Å². The largest absolute Gasteiger partial charge is 0.495 e. The first-order valence-corrected chi connectivity index (χ1v) is 10.1. The van der Waals surface area contributed by atoms with Gasteiger partial charge < -0.3 is 19.7 Å². The number of anilines is 2. The van der Waals surface area contributed by atoms with Crippen LogP contribution in [0, 0.1) is 0 Å². The molecular formula is C24H23ClN2O3. The summed E-state index contributed by atoms with van der Waals surface area (Å²) in [4.78, 5) is 15.1. The van der Waals surface area contributed by atoms with E-state index in [4.69, 9.17) is 21.1 Å². The van der Waals surface area contributed by atoms with E-state index in [0.29, 0.717) is 27.8 Å². The second-order valence-corrected chi connectivity index (χ2v) is 7.54. The second kappa shape index (κ2) is 8.67. The number of nitrogens with one attached hydrogen (secondary N) is 1.